The molecule has 0 saturated carbocycles. The molecule has 0 atom stereocenters. The number of ether oxygens (including phenoxy) is 1. The highest BCUT2D eigenvalue weighted by Gasteiger charge is 2.06. The van der Waals surface area contributed by atoms with Crippen molar-refractivity contribution in [2.75, 3.05) is 0 Å². The predicted octanol–water partition coefficient (Wildman–Crippen LogP) is 2.54. The Morgan fingerprint density at radius 2 is 2.00 bits per heavy atom. The van der Waals surface area contributed by atoms with E-state index >= 15 is 0 Å². The minimum Gasteiger partial charge on any atom is -0.424 e. The summed E-state index contributed by atoms with van der Waals surface area (Å²) in [6, 6.07) is 3.66. The highest BCUT2D eigenvalue weighted by atomic mass is 16.5. The molecule has 0 aromatic carbocycles. The summed E-state index contributed by atoms with van der Waals surface area (Å²) in [5.74, 6) is 0.332. The third-order valence-corrected chi connectivity index (χ3v) is 1.94. The molecule has 0 aliphatic heterocycles. The largest absolute Gasteiger partial charge is 0.424 e. The van der Waals surface area contributed by atoms with Crippen molar-refractivity contribution < 1.29 is 4.74 Å². The quantitative estimate of drug-likeness (QED) is 0.575. The fourth-order valence-corrected chi connectivity index (χ4v) is 1.09. The number of nitrogens with one attached hydrogen (secondary N) is 2. The lowest BCUT2D eigenvalue weighted by Crippen LogP contribution is -2.10. The molecule has 1 heterocycles. The summed E-state index contributed by atoms with van der Waals surface area (Å²) in [6.45, 7) is 5.65. The first-order valence-electron chi connectivity index (χ1n) is 4.78. The summed E-state index contributed by atoms with van der Waals surface area (Å²) in [5, 5.41) is 14.6. The van der Waals surface area contributed by atoms with E-state index in [2.05, 4.69) is 18.8 Å². The van der Waals surface area contributed by atoms with Crippen LogP contribution in [0, 0.1) is 10.8 Å². The highest BCUT2D eigenvalue weighted by molar-refractivity contribution is 5.97. The number of pyridine rings is 1. The summed E-state index contributed by atoms with van der Waals surface area (Å²) in [6.07, 6.45) is 1.73. The van der Waals surface area contributed by atoms with Gasteiger partial charge in [-0.15, -0.1) is 0 Å². The van der Waals surface area contributed by atoms with Crippen molar-refractivity contribution in [1.29, 1.82) is 10.8 Å². The molecule has 1 aromatic heterocycles. The minimum atomic E-state index is -0.0854. The van der Waals surface area contributed by atoms with Crippen LogP contribution >= 0.6 is 0 Å². The highest BCUT2D eigenvalue weighted by Crippen LogP contribution is 2.12. The molecular formula is C11H15N3O. The van der Waals surface area contributed by atoms with Gasteiger partial charge >= 0.3 is 0 Å². The summed E-state index contributed by atoms with van der Waals surface area (Å²) >= 11 is 0. The molecule has 0 aliphatic rings. The molecule has 0 spiro atoms. The second-order valence-corrected chi connectivity index (χ2v) is 3.62. The fraction of sp³-hybridized carbons (Fsp3) is 0.364. The van der Waals surface area contributed by atoms with Gasteiger partial charge in [-0.3, -0.25) is 15.8 Å². The van der Waals surface area contributed by atoms with E-state index < -0.39 is 0 Å². The monoisotopic (exact) mass is 205 g/mol. The lowest BCUT2D eigenvalue weighted by atomic mass is 10.1. The van der Waals surface area contributed by atoms with Crippen LogP contribution < -0.4 is 0 Å². The van der Waals surface area contributed by atoms with E-state index in [1.54, 1.807) is 12.3 Å². The Morgan fingerprint density at radius 1 is 1.33 bits per heavy atom. The van der Waals surface area contributed by atoms with Gasteiger partial charge in [-0.05, 0) is 17.5 Å². The molecule has 1 rings (SSSR count). The molecule has 4 nitrogen and oxygen atoms in total. The molecule has 0 unspecified atom stereocenters. The van der Waals surface area contributed by atoms with Crippen LogP contribution in [0.15, 0.2) is 18.3 Å². The zero-order chi connectivity index (χ0) is 11.4. The topological polar surface area (TPSA) is 69.8 Å². The van der Waals surface area contributed by atoms with Crippen molar-refractivity contribution >= 4 is 11.8 Å². The molecule has 0 radical (unpaired) electrons. The van der Waals surface area contributed by atoms with Crippen LogP contribution in [0.2, 0.25) is 0 Å². The third-order valence-electron chi connectivity index (χ3n) is 1.94. The van der Waals surface area contributed by atoms with Crippen molar-refractivity contribution in [3.8, 4) is 0 Å². The van der Waals surface area contributed by atoms with Crippen molar-refractivity contribution in [2.24, 2.45) is 0 Å². The number of hydrogen-bond acceptors (Lipinski definition) is 4. The molecule has 2 N–H and O–H groups in total. The van der Waals surface area contributed by atoms with Crippen LogP contribution in [0.1, 0.15) is 37.9 Å². The molecule has 0 fully saturated rings. The Morgan fingerprint density at radius 3 is 2.40 bits per heavy atom. The van der Waals surface area contributed by atoms with E-state index in [0.29, 0.717) is 11.6 Å². The maximum absolute atomic E-state index is 7.51. The number of aromatic nitrogens is 1. The molecule has 0 saturated heterocycles. The van der Waals surface area contributed by atoms with Crippen LogP contribution in [0.3, 0.4) is 0 Å². The number of hydrogen-bond donors (Lipinski definition) is 2. The molecular weight excluding hydrogens is 190 g/mol. The van der Waals surface area contributed by atoms with E-state index in [4.69, 9.17) is 15.6 Å². The number of rotatable bonds is 2. The van der Waals surface area contributed by atoms with Crippen LogP contribution in [-0.4, -0.2) is 16.8 Å². The Balaban J connectivity index is 2.80. The fourth-order valence-electron chi connectivity index (χ4n) is 1.09. The average molecular weight is 205 g/mol. The van der Waals surface area contributed by atoms with Crippen LogP contribution in [0.4, 0.5) is 0 Å². The smallest absolute Gasteiger partial charge is 0.239 e. The number of nitrogens with zero attached hydrogens (tertiary/aromatic N) is 1. The van der Waals surface area contributed by atoms with Gasteiger partial charge in [-0.2, -0.15) is 0 Å². The van der Waals surface area contributed by atoms with Crippen LogP contribution in [0.5, 0.6) is 0 Å². The Kier molecular flexibility index (Phi) is 3.55. The van der Waals surface area contributed by atoms with Gasteiger partial charge < -0.3 is 4.74 Å². The second-order valence-electron chi connectivity index (χ2n) is 3.62. The minimum absolute atomic E-state index is 0.00487. The Labute approximate surface area is 89.3 Å². The lowest BCUT2D eigenvalue weighted by molar-refractivity contribution is 0.529. The van der Waals surface area contributed by atoms with Crippen molar-refractivity contribution in [3.05, 3.63) is 29.6 Å². The van der Waals surface area contributed by atoms with E-state index in [1.165, 1.54) is 6.92 Å². The van der Waals surface area contributed by atoms with Gasteiger partial charge in [-0.1, -0.05) is 19.9 Å². The van der Waals surface area contributed by atoms with E-state index in [9.17, 15) is 0 Å². The maximum atomic E-state index is 7.51. The van der Waals surface area contributed by atoms with Crippen LogP contribution in [-0.2, 0) is 4.74 Å². The maximum Gasteiger partial charge on any atom is 0.239 e. The molecule has 1 aromatic rings. The van der Waals surface area contributed by atoms with Gasteiger partial charge in [0.15, 0.2) is 5.90 Å². The molecule has 80 valence electrons. The summed E-state index contributed by atoms with van der Waals surface area (Å²) in [5.41, 5.74) is 1.57. The molecule has 0 bridgehead atoms. The second kappa shape index (κ2) is 4.68. The SMILES string of the molecule is CC(=N)OC(=N)c1ccc(C(C)C)cn1. The standard InChI is InChI=1S/C11H15N3O/c1-7(2)9-4-5-10(14-6-9)11(13)15-8(3)12/h4-7,12-13H,1-3H3. The van der Waals surface area contributed by atoms with E-state index in [0.717, 1.165) is 5.56 Å². The first-order chi connectivity index (χ1) is 7.00. The lowest BCUT2D eigenvalue weighted by Gasteiger charge is -2.07. The zero-order valence-corrected chi connectivity index (χ0v) is 9.16. The summed E-state index contributed by atoms with van der Waals surface area (Å²) in [7, 11) is 0. The third kappa shape index (κ3) is 3.16. The molecule has 0 amide bonds. The van der Waals surface area contributed by atoms with Gasteiger partial charge in [-0.25, -0.2) is 0 Å². The van der Waals surface area contributed by atoms with Crippen LogP contribution in [0.25, 0.3) is 0 Å². The summed E-state index contributed by atoms with van der Waals surface area (Å²) < 4.78 is 4.84. The van der Waals surface area contributed by atoms with Gasteiger partial charge in [0.1, 0.15) is 5.69 Å². The Hall–Kier alpha value is -1.71. The van der Waals surface area contributed by atoms with Crippen molar-refractivity contribution in [1.82, 2.24) is 4.98 Å². The van der Waals surface area contributed by atoms with Gasteiger partial charge in [0.2, 0.25) is 5.90 Å². The molecule has 0 aliphatic carbocycles. The normalized spacial score (nSPS) is 10.1. The molecule has 15 heavy (non-hydrogen) atoms. The van der Waals surface area contributed by atoms with Gasteiger partial charge in [0, 0.05) is 13.1 Å². The van der Waals surface area contributed by atoms with Crippen molar-refractivity contribution in [2.45, 2.75) is 26.7 Å². The summed E-state index contributed by atoms with van der Waals surface area (Å²) in [4.78, 5) is 4.11. The first-order valence-corrected chi connectivity index (χ1v) is 4.78. The van der Waals surface area contributed by atoms with Gasteiger partial charge in [0.25, 0.3) is 0 Å². The van der Waals surface area contributed by atoms with Crippen molar-refractivity contribution in [3.63, 3.8) is 0 Å². The molecule has 4 heteroatoms. The first kappa shape index (κ1) is 11.4. The Bertz CT molecular complexity index is 368. The van der Waals surface area contributed by atoms with E-state index in [-0.39, 0.29) is 11.8 Å². The zero-order valence-electron chi connectivity index (χ0n) is 9.16. The van der Waals surface area contributed by atoms with E-state index in [1.807, 2.05) is 6.07 Å². The van der Waals surface area contributed by atoms with Gasteiger partial charge in [0.05, 0.1) is 0 Å². The predicted molar refractivity (Wildman–Crippen MR) is 59.6 cm³/mol. The average Bonchev–Trinajstić information content (AvgIpc) is 2.17.